The van der Waals surface area contributed by atoms with E-state index in [0.29, 0.717) is 0 Å². The normalized spacial score (nSPS) is 11.8. The van der Waals surface area contributed by atoms with Crippen LogP contribution in [-0.4, -0.2) is 29.6 Å². The highest BCUT2D eigenvalue weighted by molar-refractivity contribution is 6.30. The van der Waals surface area contributed by atoms with Gasteiger partial charge in [-0.25, -0.2) is 4.39 Å². The van der Waals surface area contributed by atoms with Crippen molar-refractivity contribution in [2.45, 2.75) is 19.9 Å². The van der Waals surface area contributed by atoms with Gasteiger partial charge >= 0.3 is 5.97 Å². The summed E-state index contributed by atoms with van der Waals surface area (Å²) in [4.78, 5) is 21.9. The predicted molar refractivity (Wildman–Crippen MR) is 80.4 cm³/mol. The lowest BCUT2D eigenvalue weighted by molar-refractivity contribution is -0.138. The van der Waals surface area contributed by atoms with Crippen molar-refractivity contribution in [1.82, 2.24) is 5.32 Å². The molecule has 7 heteroatoms. The summed E-state index contributed by atoms with van der Waals surface area (Å²) in [5, 5.41) is 11.0. The van der Waals surface area contributed by atoms with Gasteiger partial charge in [-0.3, -0.25) is 9.59 Å². The Morgan fingerprint density at radius 1 is 1.48 bits per heavy atom. The van der Waals surface area contributed by atoms with Crippen LogP contribution < -0.4 is 11.1 Å². The fourth-order valence-corrected chi connectivity index (χ4v) is 1.53. The van der Waals surface area contributed by atoms with E-state index in [1.54, 1.807) is 6.07 Å². The molecule has 0 aromatic heterocycles. The fraction of sp³-hybridized carbons (Fsp3) is 0.286. The van der Waals surface area contributed by atoms with Gasteiger partial charge in [0.2, 0.25) is 5.91 Å². The van der Waals surface area contributed by atoms with Crippen LogP contribution >= 0.6 is 11.6 Å². The number of carbonyl (C=O) groups excluding carboxylic acids is 1. The first-order valence-electron chi connectivity index (χ1n) is 5.80. The molecule has 0 saturated carbocycles. The molecule has 4 N–H and O–H groups in total. The molecule has 1 aromatic carbocycles. The number of hydrogen-bond donors (Lipinski definition) is 3. The molecule has 0 bridgehead atoms. The second-order valence-electron chi connectivity index (χ2n) is 4.00. The maximum Gasteiger partial charge on any atom is 0.320 e. The highest BCUT2D eigenvalue weighted by atomic mass is 35.5. The number of carboxylic acid groups (broad SMARTS) is 1. The van der Waals surface area contributed by atoms with Gasteiger partial charge in [0, 0.05) is 18.2 Å². The highest BCUT2D eigenvalue weighted by Crippen LogP contribution is 2.18. The summed E-state index contributed by atoms with van der Waals surface area (Å²) in [7, 11) is 0. The average molecular weight is 317 g/mol. The Bertz CT molecular complexity index is 535. The van der Waals surface area contributed by atoms with Crippen LogP contribution in [-0.2, 0) is 9.59 Å². The number of carboxylic acids is 1. The van der Waals surface area contributed by atoms with Crippen LogP contribution in [0.2, 0.25) is 5.02 Å². The minimum Gasteiger partial charge on any atom is -0.480 e. The average Bonchev–Trinajstić information content (AvgIpc) is 2.40. The largest absolute Gasteiger partial charge is 0.480 e. The second-order valence-corrected chi connectivity index (χ2v) is 4.41. The third-order valence-electron chi connectivity index (χ3n) is 2.47. The third-order valence-corrected chi connectivity index (χ3v) is 2.76. The highest BCUT2D eigenvalue weighted by Gasteiger charge is 2.10. The molecule has 0 heterocycles. The fourth-order valence-electron chi connectivity index (χ4n) is 1.35. The van der Waals surface area contributed by atoms with E-state index in [0.717, 1.165) is 6.08 Å². The van der Waals surface area contributed by atoms with Crippen molar-refractivity contribution < 1.29 is 19.1 Å². The van der Waals surface area contributed by atoms with Crippen molar-refractivity contribution in [3.63, 3.8) is 0 Å². The zero-order valence-electron chi connectivity index (χ0n) is 10.5. The molecule has 0 aliphatic carbocycles. The zero-order valence-corrected chi connectivity index (χ0v) is 11.2. The van der Waals surface area contributed by atoms with Gasteiger partial charge in [-0.2, -0.15) is 0 Å². The van der Waals surface area contributed by atoms with Crippen LogP contribution in [0.3, 0.4) is 0 Å². The van der Waals surface area contributed by atoms with E-state index in [9.17, 15) is 14.0 Å². The number of halogens is 2. The minimum atomic E-state index is -1.13. The summed E-state index contributed by atoms with van der Waals surface area (Å²) in [6.07, 6.45) is 2.54. The van der Waals surface area contributed by atoms with Gasteiger partial charge in [0.15, 0.2) is 0 Å². The first-order valence-corrected chi connectivity index (χ1v) is 6.18. The van der Waals surface area contributed by atoms with Crippen molar-refractivity contribution >= 4 is 29.6 Å². The smallest absolute Gasteiger partial charge is 0.320 e. The van der Waals surface area contributed by atoms with Gasteiger partial charge in [0.1, 0.15) is 11.9 Å². The number of rotatable bonds is 6. The van der Waals surface area contributed by atoms with Crippen molar-refractivity contribution in [2.75, 3.05) is 6.54 Å². The first-order chi connectivity index (χ1) is 9.41. The zero-order chi connectivity index (χ0) is 15.1. The molecular formula is C14H18ClFN2O3. The molecule has 0 spiro atoms. The van der Waals surface area contributed by atoms with E-state index in [4.69, 9.17) is 22.4 Å². The Hall–Kier alpha value is -1.92. The molecule has 1 rings (SSSR count). The monoisotopic (exact) mass is 316 g/mol. The molecule has 0 aliphatic heterocycles. The summed E-state index contributed by atoms with van der Waals surface area (Å²) >= 11 is 5.60. The number of benzene rings is 1. The number of carbonyl (C=O) groups is 2. The topological polar surface area (TPSA) is 92.4 Å². The van der Waals surface area contributed by atoms with Gasteiger partial charge in [0.05, 0.1) is 5.02 Å². The molecule has 1 amide bonds. The van der Waals surface area contributed by atoms with Crippen LogP contribution in [0, 0.1) is 5.82 Å². The number of hydrogen-bond acceptors (Lipinski definition) is 3. The van der Waals surface area contributed by atoms with Crippen LogP contribution in [0.5, 0.6) is 0 Å². The third kappa shape index (κ3) is 6.37. The molecule has 116 valence electrons. The van der Waals surface area contributed by atoms with Crippen molar-refractivity contribution in [1.29, 1.82) is 0 Å². The Morgan fingerprint density at radius 2 is 2.14 bits per heavy atom. The minimum absolute atomic E-state index is 0. The number of aliphatic carboxylic acids is 1. The maximum atomic E-state index is 13.5. The lowest BCUT2D eigenvalue weighted by Crippen LogP contribution is -2.34. The van der Waals surface area contributed by atoms with Gasteiger partial charge in [-0.15, -0.1) is 0 Å². The van der Waals surface area contributed by atoms with Gasteiger partial charge in [0.25, 0.3) is 0 Å². The lowest BCUT2D eigenvalue weighted by atomic mass is 10.2. The molecule has 0 unspecified atom stereocenters. The SMILES string of the molecule is C.N[C@@H](CCNC(=O)/C=C/c1cccc(Cl)c1F)C(=O)O. The number of nitrogens with two attached hydrogens (primary N) is 1. The summed E-state index contributed by atoms with van der Waals surface area (Å²) < 4.78 is 13.5. The maximum absolute atomic E-state index is 13.5. The summed E-state index contributed by atoms with van der Waals surface area (Å²) in [5.41, 5.74) is 5.46. The van der Waals surface area contributed by atoms with E-state index in [2.05, 4.69) is 5.32 Å². The second kappa shape index (κ2) is 9.10. The Labute approximate surface area is 127 Å². The van der Waals surface area contributed by atoms with Crippen LogP contribution in [0.25, 0.3) is 6.08 Å². The molecule has 1 aromatic rings. The van der Waals surface area contributed by atoms with Crippen LogP contribution in [0.1, 0.15) is 19.4 Å². The van der Waals surface area contributed by atoms with E-state index >= 15 is 0 Å². The Balaban J connectivity index is 0.00000400. The molecule has 0 saturated heterocycles. The first kappa shape index (κ1) is 19.1. The molecular weight excluding hydrogens is 299 g/mol. The quantitative estimate of drug-likeness (QED) is 0.700. The van der Waals surface area contributed by atoms with E-state index in [-0.39, 0.29) is 31.0 Å². The van der Waals surface area contributed by atoms with Gasteiger partial charge in [-0.05, 0) is 18.6 Å². The summed E-state index contributed by atoms with van der Waals surface area (Å²) in [5.74, 6) is -2.20. The predicted octanol–water partition coefficient (Wildman–Crippen LogP) is 2.05. The summed E-state index contributed by atoms with van der Waals surface area (Å²) in [6.45, 7) is 0.120. The van der Waals surface area contributed by atoms with Crippen molar-refractivity contribution in [3.8, 4) is 0 Å². The number of amides is 1. The molecule has 1 atom stereocenters. The molecule has 0 radical (unpaired) electrons. The van der Waals surface area contributed by atoms with Crippen LogP contribution in [0.15, 0.2) is 24.3 Å². The van der Waals surface area contributed by atoms with Crippen molar-refractivity contribution in [3.05, 3.63) is 40.7 Å². The molecule has 0 aliphatic rings. The van der Waals surface area contributed by atoms with Crippen LogP contribution in [0.4, 0.5) is 4.39 Å². The number of nitrogens with one attached hydrogen (secondary N) is 1. The molecule has 0 fully saturated rings. The molecule has 5 nitrogen and oxygen atoms in total. The lowest BCUT2D eigenvalue weighted by Gasteiger charge is -2.06. The van der Waals surface area contributed by atoms with Gasteiger partial charge in [-0.1, -0.05) is 31.2 Å². The van der Waals surface area contributed by atoms with Crippen molar-refractivity contribution in [2.24, 2.45) is 5.73 Å². The Morgan fingerprint density at radius 3 is 2.76 bits per heavy atom. The van der Waals surface area contributed by atoms with E-state index in [1.165, 1.54) is 18.2 Å². The van der Waals surface area contributed by atoms with Gasteiger partial charge < -0.3 is 16.2 Å². The van der Waals surface area contributed by atoms with E-state index < -0.39 is 23.7 Å². The Kier molecular flexibility index (Phi) is 8.26. The molecule has 21 heavy (non-hydrogen) atoms. The standard InChI is InChI=1S/C13H14ClFN2O3.CH4/c14-9-3-1-2-8(12(9)15)4-5-11(18)17-7-6-10(16)13(19)20;/h1-5,10H,6-7,16H2,(H,17,18)(H,19,20);1H4/b5-4+;/t10-;/m0./s1. The van der Waals surface area contributed by atoms with E-state index in [1.807, 2.05) is 0 Å². The summed E-state index contributed by atoms with van der Waals surface area (Å²) in [6, 6.07) is 3.42.